The van der Waals surface area contributed by atoms with Gasteiger partial charge in [-0.3, -0.25) is 10.2 Å². The molecule has 1 amide bonds. The molecule has 3 aromatic carbocycles. The fourth-order valence-electron chi connectivity index (χ4n) is 2.60. The second-order valence-electron chi connectivity index (χ2n) is 5.91. The number of nitrogens with one attached hydrogen (secondary N) is 2. The molecule has 0 aliphatic heterocycles. The first-order valence-electron chi connectivity index (χ1n) is 8.11. The summed E-state index contributed by atoms with van der Waals surface area (Å²) in [7, 11) is -3.95. The van der Waals surface area contributed by atoms with E-state index in [0.29, 0.717) is 11.1 Å². The SMILES string of the molecule is Cc1cc(C(=O)NNS(=O)(=O)c2ccccc2)c(F)c(-c2ccccc2)c1. The molecule has 27 heavy (non-hydrogen) atoms. The predicted octanol–water partition coefficient (Wildman–Crippen LogP) is 3.42. The number of benzene rings is 3. The third-order valence-corrected chi connectivity index (χ3v) is 5.16. The van der Waals surface area contributed by atoms with Gasteiger partial charge in [0, 0.05) is 5.56 Å². The summed E-state index contributed by atoms with van der Waals surface area (Å²) in [5.41, 5.74) is 3.39. The zero-order valence-electron chi connectivity index (χ0n) is 14.4. The van der Waals surface area contributed by atoms with E-state index in [0.717, 1.165) is 0 Å². The van der Waals surface area contributed by atoms with Crippen molar-refractivity contribution in [3.63, 3.8) is 0 Å². The van der Waals surface area contributed by atoms with Gasteiger partial charge in [-0.05, 0) is 42.3 Å². The first-order chi connectivity index (χ1) is 12.9. The van der Waals surface area contributed by atoms with Crippen molar-refractivity contribution in [2.45, 2.75) is 11.8 Å². The highest BCUT2D eigenvalue weighted by atomic mass is 32.2. The van der Waals surface area contributed by atoms with Gasteiger partial charge in [0.2, 0.25) is 0 Å². The second-order valence-corrected chi connectivity index (χ2v) is 7.60. The smallest absolute Gasteiger partial charge is 0.269 e. The number of hydrogen-bond acceptors (Lipinski definition) is 3. The molecule has 138 valence electrons. The van der Waals surface area contributed by atoms with Gasteiger partial charge in [0.15, 0.2) is 0 Å². The highest BCUT2D eigenvalue weighted by Gasteiger charge is 2.20. The van der Waals surface area contributed by atoms with Gasteiger partial charge in [-0.2, -0.15) is 0 Å². The third-order valence-electron chi connectivity index (χ3n) is 3.90. The van der Waals surface area contributed by atoms with Crippen LogP contribution >= 0.6 is 0 Å². The molecule has 0 fully saturated rings. The van der Waals surface area contributed by atoms with Crippen molar-refractivity contribution in [2.75, 3.05) is 0 Å². The quantitative estimate of drug-likeness (QED) is 0.662. The van der Waals surface area contributed by atoms with Crippen LogP contribution in [0.2, 0.25) is 0 Å². The first kappa shape index (κ1) is 18.8. The van der Waals surface area contributed by atoms with Crippen LogP contribution in [0.5, 0.6) is 0 Å². The van der Waals surface area contributed by atoms with E-state index in [9.17, 15) is 17.6 Å². The number of sulfonamides is 1. The maximum Gasteiger partial charge on any atom is 0.269 e. The van der Waals surface area contributed by atoms with Crippen molar-refractivity contribution in [1.29, 1.82) is 0 Å². The van der Waals surface area contributed by atoms with Crippen molar-refractivity contribution in [2.24, 2.45) is 0 Å². The molecule has 0 saturated carbocycles. The van der Waals surface area contributed by atoms with Gasteiger partial charge in [-0.25, -0.2) is 12.8 Å². The van der Waals surface area contributed by atoms with E-state index in [4.69, 9.17) is 0 Å². The van der Waals surface area contributed by atoms with Crippen LogP contribution in [0.1, 0.15) is 15.9 Å². The summed E-state index contributed by atoms with van der Waals surface area (Å²) in [4.78, 5) is 14.4. The number of aryl methyl sites for hydroxylation is 1. The largest absolute Gasteiger partial charge is 0.273 e. The van der Waals surface area contributed by atoms with E-state index in [1.807, 2.05) is 10.9 Å². The van der Waals surface area contributed by atoms with Crippen LogP contribution < -0.4 is 10.3 Å². The lowest BCUT2D eigenvalue weighted by Gasteiger charge is -2.12. The van der Waals surface area contributed by atoms with Crippen LogP contribution in [0.4, 0.5) is 4.39 Å². The topological polar surface area (TPSA) is 75.3 Å². The van der Waals surface area contributed by atoms with Crippen molar-refractivity contribution < 1.29 is 17.6 Å². The molecular formula is C20H17FN2O3S. The number of amides is 1. The molecule has 0 aromatic heterocycles. The fraction of sp³-hybridized carbons (Fsp3) is 0.0500. The van der Waals surface area contributed by atoms with Gasteiger partial charge in [0.05, 0.1) is 10.5 Å². The summed E-state index contributed by atoms with van der Waals surface area (Å²) in [5, 5.41) is 0. The van der Waals surface area contributed by atoms with Gasteiger partial charge < -0.3 is 0 Å². The molecule has 0 unspecified atom stereocenters. The molecule has 0 heterocycles. The van der Waals surface area contributed by atoms with Crippen LogP contribution in [-0.4, -0.2) is 14.3 Å². The van der Waals surface area contributed by atoms with Crippen molar-refractivity contribution in [3.8, 4) is 11.1 Å². The summed E-state index contributed by atoms with van der Waals surface area (Å²) < 4.78 is 39.3. The maximum atomic E-state index is 14.9. The first-order valence-corrected chi connectivity index (χ1v) is 9.59. The van der Waals surface area contributed by atoms with Crippen LogP contribution in [0, 0.1) is 12.7 Å². The van der Waals surface area contributed by atoms with Crippen LogP contribution in [-0.2, 0) is 10.0 Å². The monoisotopic (exact) mass is 384 g/mol. The summed E-state index contributed by atoms with van der Waals surface area (Å²) in [5.74, 6) is -1.60. The lowest BCUT2D eigenvalue weighted by atomic mass is 9.99. The molecule has 0 spiro atoms. The lowest BCUT2D eigenvalue weighted by molar-refractivity contribution is 0.0941. The van der Waals surface area contributed by atoms with Crippen molar-refractivity contribution in [1.82, 2.24) is 10.3 Å². The van der Waals surface area contributed by atoms with Crippen LogP contribution in [0.3, 0.4) is 0 Å². The van der Waals surface area contributed by atoms with E-state index in [-0.39, 0.29) is 16.0 Å². The van der Waals surface area contributed by atoms with E-state index in [1.54, 1.807) is 55.5 Å². The molecule has 3 rings (SSSR count). The second kappa shape index (κ2) is 7.69. The fourth-order valence-corrected chi connectivity index (χ4v) is 3.46. The van der Waals surface area contributed by atoms with E-state index < -0.39 is 21.7 Å². The van der Waals surface area contributed by atoms with Gasteiger partial charge in [-0.1, -0.05) is 48.5 Å². The molecule has 0 atom stereocenters. The Kier molecular flexibility index (Phi) is 5.34. The zero-order valence-corrected chi connectivity index (χ0v) is 15.3. The molecule has 0 aliphatic rings. The molecule has 0 radical (unpaired) electrons. The summed E-state index contributed by atoms with van der Waals surface area (Å²) in [6, 6.07) is 19.4. The molecule has 7 heteroatoms. The van der Waals surface area contributed by atoms with Crippen LogP contribution in [0.15, 0.2) is 77.7 Å². The summed E-state index contributed by atoms with van der Waals surface area (Å²) in [6.45, 7) is 1.73. The minimum atomic E-state index is -3.95. The standard InChI is InChI=1S/C20H17FN2O3S/c1-14-12-17(15-8-4-2-5-9-15)19(21)18(13-14)20(24)22-23-27(25,26)16-10-6-3-7-11-16/h2-13,23H,1H3,(H,22,24). The Bertz CT molecular complexity index is 1070. The minimum absolute atomic E-state index is 0.0139. The number of carbonyl (C=O) groups is 1. The average Bonchev–Trinajstić information content (AvgIpc) is 2.69. The number of carbonyl (C=O) groups excluding carboxylic acids is 1. The molecule has 2 N–H and O–H groups in total. The summed E-state index contributed by atoms with van der Waals surface area (Å²) in [6.07, 6.45) is 0. The van der Waals surface area contributed by atoms with E-state index in [2.05, 4.69) is 5.43 Å². The third kappa shape index (κ3) is 4.21. The highest BCUT2D eigenvalue weighted by molar-refractivity contribution is 7.89. The van der Waals surface area contributed by atoms with E-state index in [1.165, 1.54) is 18.2 Å². The number of halogens is 1. The van der Waals surface area contributed by atoms with Crippen molar-refractivity contribution in [3.05, 3.63) is 89.7 Å². The van der Waals surface area contributed by atoms with Gasteiger partial charge in [0.1, 0.15) is 5.82 Å². The molecule has 0 aliphatic carbocycles. The molecule has 3 aromatic rings. The highest BCUT2D eigenvalue weighted by Crippen LogP contribution is 2.26. The molecular weight excluding hydrogens is 367 g/mol. The zero-order chi connectivity index (χ0) is 19.4. The van der Waals surface area contributed by atoms with Gasteiger partial charge >= 0.3 is 0 Å². The normalized spacial score (nSPS) is 11.2. The number of hydrogen-bond donors (Lipinski definition) is 2. The Labute approximate surface area is 156 Å². The average molecular weight is 384 g/mol. The number of hydrazine groups is 1. The van der Waals surface area contributed by atoms with Gasteiger partial charge in [0.25, 0.3) is 15.9 Å². The van der Waals surface area contributed by atoms with E-state index >= 15 is 0 Å². The Balaban J connectivity index is 1.86. The van der Waals surface area contributed by atoms with Crippen molar-refractivity contribution >= 4 is 15.9 Å². The minimum Gasteiger partial charge on any atom is -0.273 e. The Morgan fingerprint density at radius 2 is 1.52 bits per heavy atom. The Hall–Kier alpha value is -3.03. The predicted molar refractivity (Wildman–Crippen MR) is 101 cm³/mol. The maximum absolute atomic E-state index is 14.9. The molecule has 0 saturated heterocycles. The Morgan fingerprint density at radius 1 is 0.926 bits per heavy atom. The molecule has 0 bridgehead atoms. The molecule has 5 nitrogen and oxygen atoms in total. The Morgan fingerprint density at radius 3 is 2.15 bits per heavy atom. The van der Waals surface area contributed by atoms with Crippen LogP contribution in [0.25, 0.3) is 11.1 Å². The summed E-state index contributed by atoms with van der Waals surface area (Å²) >= 11 is 0. The number of rotatable bonds is 5. The lowest BCUT2D eigenvalue weighted by Crippen LogP contribution is -2.41. The van der Waals surface area contributed by atoms with Gasteiger partial charge in [-0.15, -0.1) is 4.83 Å².